The predicted octanol–water partition coefficient (Wildman–Crippen LogP) is -0.466. The van der Waals surface area contributed by atoms with Gasteiger partial charge in [-0.05, 0) is 18.1 Å². The molecule has 13 heteroatoms. The molecule has 0 aliphatic carbocycles. The van der Waals surface area contributed by atoms with Crippen molar-refractivity contribution in [2.75, 3.05) is 12.3 Å². The number of Topliss-reactive ketones (excluding diaryl/α,β-unsaturated/α-hetero) is 1. The Morgan fingerprint density at radius 2 is 1.75 bits per heavy atom. The lowest BCUT2D eigenvalue weighted by Crippen LogP contribution is -2.46. The van der Waals surface area contributed by atoms with Crippen molar-refractivity contribution in [2.24, 2.45) is 20.0 Å². The number of hydrogen-bond donors (Lipinski definition) is 2. The monoisotopic (exact) mass is 470 g/mol. The Bertz CT molecular complexity index is 1280. The minimum Gasteiger partial charge on any atom is -0.456 e. The van der Waals surface area contributed by atoms with Crippen LogP contribution in [0.5, 0.6) is 0 Å². The molecule has 0 aliphatic rings. The first-order chi connectivity index (χ1) is 14.8. The van der Waals surface area contributed by atoms with E-state index < -0.39 is 73.7 Å². The third-order valence-electron chi connectivity index (χ3n) is 4.66. The number of nitrogens with one attached hydrogen (secondary N) is 1. The molecule has 1 aromatic heterocycles. The largest absolute Gasteiger partial charge is 0.456 e. The zero-order valence-corrected chi connectivity index (χ0v) is 18.6. The fourth-order valence-corrected chi connectivity index (χ4v) is 4.18. The Morgan fingerprint density at radius 3 is 2.31 bits per heavy atom. The van der Waals surface area contributed by atoms with Gasteiger partial charge in [-0.2, -0.15) is 4.72 Å². The maximum Gasteiger partial charge on any atom is 0.332 e. The first-order valence-electron chi connectivity index (χ1n) is 9.31. The molecule has 0 radical (unpaired) electrons. The van der Waals surface area contributed by atoms with E-state index in [9.17, 15) is 32.0 Å². The Balaban J connectivity index is 2.24. The van der Waals surface area contributed by atoms with Gasteiger partial charge in [-0.1, -0.05) is 26.0 Å². The topological polar surface area (TPSA) is 160 Å². The second-order valence-corrected chi connectivity index (χ2v) is 8.95. The molecule has 1 aromatic carbocycles. The summed E-state index contributed by atoms with van der Waals surface area (Å²) < 4.78 is 47.5. The molecule has 0 fully saturated rings. The number of benzene rings is 1. The minimum absolute atomic E-state index is 0.403. The zero-order chi connectivity index (χ0) is 24.4. The molecule has 0 saturated heterocycles. The van der Waals surface area contributed by atoms with E-state index in [4.69, 9.17) is 10.5 Å². The summed E-state index contributed by atoms with van der Waals surface area (Å²) in [7, 11) is -2.01. The molecule has 2 aromatic rings. The van der Waals surface area contributed by atoms with Crippen molar-refractivity contribution < 1.29 is 27.1 Å². The summed E-state index contributed by atoms with van der Waals surface area (Å²) >= 11 is 0. The molecule has 0 bridgehead atoms. The molecule has 0 spiro atoms. The van der Waals surface area contributed by atoms with Crippen LogP contribution >= 0.6 is 0 Å². The Morgan fingerprint density at radius 1 is 1.16 bits per heavy atom. The van der Waals surface area contributed by atoms with Gasteiger partial charge < -0.3 is 10.5 Å². The van der Waals surface area contributed by atoms with Gasteiger partial charge >= 0.3 is 11.7 Å². The summed E-state index contributed by atoms with van der Waals surface area (Å²) in [6, 6.07) is 3.16. The molecular weight excluding hydrogens is 447 g/mol. The molecule has 0 unspecified atom stereocenters. The molecule has 1 atom stereocenters. The number of aromatic nitrogens is 2. The normalized spacial score (nSPS) is 12.6. The van der Waals surface area contributed by atoms with E-state index >= 15 is 0 Å². The number of nitrogen functional groups attached to an aromatic ring is 1. The van der Waals surface area contributed by atoms with E-state index in [1.54, 1.807) is 0 Å². The van der Waals surface area contributed by atoms with Crippen LogP contribution in [0.25, 0.3) is 0 Å². The van der Waals surface area contributed by atoms with E-state index in [0.717, 1.165) is 23.7 Å². The van der Waals surface area contributed by atoms with E-state index in [1.807, 2.05) is 0 Å². The average molecular weight is 470 g/mol. The van der Waals surface area contributed by atoms with Crippen molar-refractivity contribution >= 4 is 27.6 Å². The van der Waals surface area contributed by atoms with Gasteiger partial charge in [0.25, 0.3) is 5.56 Å². The quantitative estimate of drug-likeness (QED) is 0.387. The van der Waals surface area contributed by atoms with E-state index in [2.05, 4.69) is 4.72 Å². The Kier molecular flexibility index (Phi) is 7.36. The van der Waals surface area contributed by atoms with Crippen LogP contribution in [0, 0.1) is 11.7 Å². The van der Waals surface area contributed by atoms with Crippen molar-refractivity contribution in [1.82, 2.24) is 13.9 Å². The number of rotatable bonds is 8. The highest BCUT2D eigenvalue weighted by Crippen LogP contribution is 2.16. The van der Waals surface area contributed by atoms with Gasteiger partial charge in [-0.25, -0.2) is 17.6 Å². The number of carbonyl (C=O) groups excluding carboxylic acids is 2. The molecule has 3 N–H and O–H groups in total. The van der Waals surface area contributed by atoms with E-state index in [-0.39, 0.29) is 0 Å². The molecule has 11 nitrogen and oxygen atoms in total. The van der Waals surface area contributed by atoms with Gasteiger partial charge in [0, 0.05) is 14.1 Å². The third-order valence-corrected chi connectivity index (χ3v) is 6.14. The van der Waals surface area contributed by atoms with Gasteiger partial charge in [0.1, 0.15) is 28.1 Å². The second kappa shape index (κ2) is 9.44. The first kappa shape index (κ1) is 24.9. The van der Waals surface area contributed by atoms with Crippen LogP contribution in [-0.4, -0.2) is 42.0 Å². The maximum absolute atomic E-state index is 13.9. The van der Waals surface area contributed by atoms with Gasteiger partial charge in [-0.15, -0.1) is 0 Å². The number of sulfonamides is 1. The highest BCUT2D eigenvalue weighted by molar-refractivity contribution is 7.89. The third kappa shape index (κ3) is 4.94. The summed E-state index contributed by atoms with van der Waals surface area (Å²) in [4.78, 5) is 48.4. The highest BCUT2D eigenvalue weighted by Gasteiger charge is 2.32. The minimum atomic E-state index is -4.42. The van der Waals surface area contributed by atoms with Crippen molar-refractivity contribution in [3.05, 3.63) is 56.5 Å². The lowest BCUT2D eigenvalue weighted by Gasteiger charge is -2.21. The molecular formula is C19H23FN4O7S. The van der Waals surface area contributed by atoms with Gasteiger partial charge in [-0.3, -0.25) is 23.5 Å². The van der Waals surface area contributed by atoms with Crippen molar-refractivity contribution in [1.29, 1.82) is 0 Å². The number of halogens is 1. The average Bonchev–Trinajstić information content (AvgIpc) is 2.73. The van der Waals surface area contributed by atoms with Gasteiger partial charge in [0.15, 0.2) is 6.61 Å². The van der Waals surface area contributed by atoms with Gasteiger partial charge in [0.05, 0.1) is 0 Å². The summed E-state index contributed by atoms with van der Waals surface area (Å²) in [5.74, 6) is -4.14. The summed E-state index contributed by atoms with van der Waals surface area (Å²) in [6.07, 6.45) is 0. The van der Waals surface area contributed by atoms with Crippen molar-refractivity contribution in [2.45, 2.75) is 24.8 Å². The molecule has 0 amide bonds. The fourth-order valence-electron chi connectivity index (χ4n) is 2.77. The number of anilines is 1. The standard InChI is InChI=1S/C19H23FN4O7S/c1-10(2)15(22-32(29,30)13-8-6-5-7-11(13)20)18(27)31-9-12(25)14-16(21)23(3)19(28)24(4)17(14)26/h5-8,10,15,22H,9,21H2,1-4H3/t15-/m0/s1. The van der Waals surface area contributed by atoms with Crippen LogP contribution in [0.2, 0.25) is 0 Å². The SMILES string of the molecule is CC(C)[C@H](NS(=O)(=O)c1ccccc1F)C(=O)OCC(=O)c1c(N)n(C)c(=O)n(C)c1=O. The van der Waals surface area contributed by atoms with Crippen LogP contribution in [0.4, 0.5) is 10.2 Å². The van der Waals surface area contributed by atoms with Crippen molar-refractivity contribution in [3.63, 3.8) is 0 Å². The molecule has 1 heterocycles. The molecule has 0 saturated carbocycles. The van der Waals surface area contributed by atoms with Crippen molar-refractivity contribution in [3.8, 4) is 0 Å². The Hall–Kier alpha value is -3.32. The number of carbonyl (C=O) groups is 2. The lowest BCUT2D eigenvalue weighted by atomic mass is 10.1. The lowest BCUT2D eigenvalue weighted by molar-refractivity contribution is -0.145. The van der Waals surface area contributed by atoms with Gasteiger partial charge in [0.2, 0.25) is 15.8 Å². The fraction of sp³-hybridized carbons (Fsp3) is 0.368. The summed E-state index contributed by atoms with van der Waals surface area (Å²) in [6.45, 7) is 2.10. The number of ketones is 1. The summed E-state index contributed by atoms with van der Waals surface area (Å²) in [5.41, 5.74) is 3.43. The van der Waals surface area contributed by atoms with Crippen LogP contribution < -0.4 is 21.7 Å². The number of esters is 1. The summed E-state index contributed by atoms with van der Waals surface area (Å²) in [5, 5.41) is 0. The van der Waals surface area contributed by atoms with Crippen LogP contribution in [-0.2, 0) is 33.7 Å². The number of hydrogen-bond acceptors (Lipinski definition) is 8. The molecule has 0 aliphatic heterocycles. The smallest absolute Gasteiger partial charge is 0.332 e. The zero-order valence-electron chi connectivity index (χ0n) is 17.8. The molecule has 32 heavy (non-hydrogen) atoms. The molecule has 174 valence electrons. The first-order valence-corrected chi connectivity index (χ1v) is 10.8. The van der Waals surface area contributed by atoms with Crippen LogP contribution in [0.1, 0.15) is 24.2 Å². The highest BCUT2D eigenvalue weighted by atomic mass is 32.2. The second-order valence-electron chi connectivity index (χ2n) is 7.27. The number of nitrogens with zero attached hydrogens (tertiary/aromatic N) is 2. The Labute approximate surface area is 182 Å². The predicted molar refractivity (Wildman–Crippen MR) is 112 cm³/mol. The van der Waals surface area contributed by atoms with Crippen LogP contribution in [0.3, 0.4) is 0 Å². The van der Waals surface area contributed by atoms with Crippen LogP contribution in [0.15, 0.2) is 38.8 Å². The van der Waals surface area contributed by atoms with E-state index in [0.29, 0.717) is 4.57 Å². The van der Waals surface area contributed by atoms with E-state index in [1.165, 1.54) is 33.0 Å². The molecule has 2 rings (SSSR count). The maximum atomic E-state index is 13.9. The number of nitrogens with two attached hydrogens (primary N) is 1. The number of ether oxygens (including phenoxy) is 1.